The van der Waals surface area contributed by atoms with Crippen molar-refractivity contribution in [3.8, 4) is 22.4 Å². The third-order valence-electron chi connectivity index (χ3n) is 13.6. The fourth-order valence-electron chi connectivity index (χ4n) is 10.1. The minimum Gasteiger partial charge on any atom is -0.453 e. The lowest BCUT2D eigenvalue weighted by molar-refractivity contribution is -0.139. The van der Waals surface area contributed by atoms with E-state index in [2.05, 4.69) is 69.1 Å². The van der Waals surface area contributed by atoms with Crippen LogP contribution in [0.2, 0.25) is 0 Å². The van der Waals surface area contributed by atoms with Gasteiger partial charge in [0.2, 0.25) is 11.8 Å². The summed E-state index contributed by atoms with van der Waals surface area (Å²) in [6.07, 6.45) is 6.55. The summed E-state index contributed by atoms with van der Waals surface area (Å²) in [6.45, 7) is 8.37. The summed E-state index contributed by atoms with van der Waals surface area (Å²) in [6, 6.07) is 17.3. The SMILES string of the molecule is COC(=O)NC(C(=O)N1[C@@H]2CC[C@@H](C2)[C@H]1c1ncc(-c2ccc(-c3ccc4c(ccc5nc([C@@H]6CC7(CC7)CN6C(=O)[C@@H](NC(=O)OC)C(C)C)[nH]c54)c3)cc2)[nH]1)C(C)C. The number of nitrogens with one attached hydrogen (secondary N) is 4. The van der Waals surface area contributed by atoms with Gasteiger partial charge in [0.25, 0.3) is 0 Å². The van der Waals surface area contributed by atoms with Gasteiger partial charge < -0.3 is 39.9 Å². The summed E-state index contributed by atoms with van der Waals surface area (Å²) in [4.78, 5) is 73.2. The number of fused-ring (bicyclic) bond motifs is 5. The van der Waals surface area contributed by atoms with Crippen molar-refractivity contribution in [2.75, 3.05) is 20.8 Å². The van der Waals surface area contributed by atoms with Crippen LogP contribution in [-0.4, -0.2) is 92.6 Å². The topological polar surface area (TPSA) is 175 Å². The van der Waals surface area contributed by atoms with Gasteiger partial charge in [-0.15, -0.1) is 0 Å². The second-order valence-electron chi connectivity index (χ2n) is 18.1. The molecule has 4 aliphatic rings. The first-order valence-electron chi connectivity index (χ1n) is 21.3. The summed E-state index contributed by atoms with van der Waals surface area (Å²) in [5.41, 5.74) is 5.92. The van der Waals surface area contributed by atoms with Gasteiger partial charge in [-0.25, -0.2) is 19.6 Å². The number of piperidine rings is 1. The molecule has 4 heterocycles. The summed E-state index contributed by atoms with van der Waals surface area (Å²) < 4.78 is 9.67. The van der Waals surface area contributed by atoms with Crippen molar-refractivity contribution in [2.45, 2.75) is 96.4 Å². The van der Waals surface area contributed by atoms with Crippen LogP contribution in [-0.2, 0) is 19.1 Å². The molecular weight excluding hydrogens is 761 g/mol. The van der Waals surface area contributed by atoms with Crippen molar-refractivity contribution in [1.29, 1.82) is 0 Å². The lowest BCUT2D eigenvalue weighted by Crippen LogP contribution is -2.54. The van der Waals surface area contributed by atoms with Crippen LogP contribution in [0, 0.1) is 23.2 Å². The highest BCUT2D eigenvalue weighted by atomic mass is 16.5. The van der Waals surface area contributed by atoms with E-state index in [1.54, 1.807) is 0 Å². The highest BCUT2D eigenvalue weighted by Gasteiger charge is 2.55. The van der Waals surface area contributed by atoms with Crippen LogP contribution in [0.5, 0.6) is 0 Å². The molecule has 60 heavy (non-hydrogen) atoms. The number of aromatic amines is 2. The molecule has 1 spiro atoms. The van der Waals surface area contributed by atoms with Gasteiger partial charge in [0.15, 0.2) is 0 Å². The van der Waals surface area contributed by atoms with Crippen LogP contribution in [0.3, 0.4) is 0 Å². The number of ether oxygens (including phenoxy) is 2. The smallest absolute Gasteiger partial charge is 0.407 e. The Balaban J connectivity index is 0.937. The molecular formula is C46H54N8O6. The van der Waals surface area contributed by atoms with Crippen LogP contribution < -0.4 is 10.6 Å². The van der Waals surface area contributed by atoms with Crippen LogP contribution in [0.25, 0.3) is 44.2 Å². The molecule has 9 rings (SSSR count). The molecule has 2 saturated carbocycles. The van der Waals surface area contributed by atoms with Crippen molar-refractivity contribution in [1.82, 2.24) is 40.4 Å². The summed E-state index contributed by atoms with van der Waals surface area (Å²) in [5.74, 6) is 1.44. The van der Waals surface area contributed by atoms with Gasteiger partial charge in [0.1, 0.15) is 23.7 Å². The second-order valence-corrected chi connectivity index (χ2v) is 18.1. The van der Waals surface area contributed by atoms with Gasteiger partial charge in [0, 0.05) is 18.0 Å². The Bertz CT molecular complexity index is 2470. The molecule has 2 saturated heterocycles. The van der Waals surface area contributed by atoms with Crippen LogP contribution >= 0.6 is 0 Å². The number of benzene rings is 3. The van der Waals surface area contributed by atoms with E-state index in [0.29, 0.717) is 12.5 Å². The number of rotatable bonds is 10. The Morgan fingerprint density at radius 1 is 0.800 bits per heavy atom. The molecule has 4 fully saturated rings. The number of H-pyrrole nitrogens is 2. The molecule has 5 aromatic rings. The number of nitrogens with zero attached hydrogens (tertiary/aromatic N) is 4. The van der Waals surface area contributed by atoms with Crippen LogP contribution in [0.15, 0.2) is 60.8 Å². The minimum absolute atomic E-state index is 0.0935. The number of likely N-dealkylation sites (tertiary alicyclic amines) is 2. The van der Waals surface area contributed by atoms with Crippen molar-refractivity contribution < 1.29 is 28.7 Å². The Labute approximate surface area is 349 Å². The Morgan fingerprint density at radius 2 is 1.47 bits per heavy atom. The fraction of sp³-hybridized carbons (Fsp3) is 0.478. The van der Waals surface area contributed by atoms with Crippen molar-refractivity contribution in [2.24, 2.45) is 23.2 Å². The number of methoxy groups -OCH3 is 2. The number of hydrogen-bond donors (Lipinski definition) is 4. The number of aromatic nitrogens is 4. The molecule has 2 aromatic heterocycles. The Morgan fingerprint density at radius 3 is 2.13 bits per heavy atom. The standard InChI is InChI=1S/C46H54N8O6/c1-24(2)36(51-44(57)59-5)42(55)53-23-46(17-18-46)21-35(53)40-48-33-16-13-29-19-28(12-15-32(29)38(33)50-40)26-7-9-27(10-8-26)34-22-47-41(49-34)39-30-11-14-31(20-30)54(39)43(56)37(25(3)4)52-45(58)60-6/h7-10,12-13,15-16,19,22,24-25,30-31,35-37,39H,11,14,17-18,20-21,23H2,1-6H3,(H,47,49)(H,48,50)(H,51,57)(H,52,58)/t30-,31+,35-,36-,37?,39-/m0/s1. The van der Waals surface area contributed by atoms with Gasteiger partial charge in [0.05, 0.1) is 49.2 Å². The van der Waals surface area contributed by atoms with Crippen molar-refractivity contribution in [3.05, 3.63) is 72.4 Å². The zero-order chi connectivity index (χ0) is 42.0. The molecule has 4 amide bonds. The zero-order valence-electron chi connectivity index (χ0n) is 35.1. The third-order valence-corrected chi connectivity index (χ3v) is 13.6. The molecule has 14 nitrogen and oxygen atoms in total. The van der Waals surface area contributed by atoms with Gasteiger partial charge in [-0.2, -0.15) is 0 Å². The lowest BCUT2D eigenvalue weighted by Gasteiger charge is -2.37. The molecule has 4 N–H and O–H groups in total. The van der Waals surface area contributed by atoms with E-state index >= 15 is 0 Å². The highest BCUT2D eigenvalue weighted by molar-refractivity contribution is 6.05. The largest absolute Gasteiger partial charge is 0.453 e. The van der Waals surface area contributed by atoms with Gasteiger partial charge in [-0.05, 0) is 95.9 Å². The van der Waals surface area contributed by atoms with Gasteiger partial charge in [-0.3, -0.25) is 9.59 Å². The van der Waals surface area contributed by atoms with E-state index < -0.39 is 24.3 Å². The number of carbonyl (C=O) groups is 4. The molecule has 314 valence electrons. The predicted octanol–water partition coefficient (Wildman–Crippen LogP) is 7.64. The quantitative estimate of drug-likeness (QED) is 0.111. The Kier molecular flexibility index (Phi) is 10.1. The van der Waals surface area contributed by atoms with E-state index in [-0.39, 0.29) is 47.2 Å². The average Bonchev–Trinajstić information content (AvgIpc) is 3.86. The number of amides is 4. The van der Waals surface area contributed by atoms with Crippen molar-refractivity contribution >= 4 is 45.8 Å². The zero-order valence-corrected chi connectivity index (χ0v) is 35.1. The summed E-state index contributed by atoms with van der Waals surface area (Å²) >= 11 is 0. The molecule has 14 heteroatoms. The maximum atomic E-state index is 14.0. The molecule has 3 aromatic carbocycles. The minimum atomic E-state index is -0.694. The molecule has 2 bridgehead atoms. The van der Waals surface area contributed by atoms with E-state index in [4.69, 9.17) is 19.4 Å². The number of imidazole rings is 2. The fourth-order valence-corrected chi connectivity index (χ4v) is 10.1. The average molecular weight is 815 g/mol. The number of carbonyl (C=O) groups excluding carboxylic acids is 4. The summed E-state index contributed by atoms with van der Waals surface area (Å²) in [5, 5.41) is 7.65. The normalized spacial score (nSPS) is 22.5. The van der Waals surface area contributed by atoms with Crippen LogP contribution in [0.4, 0.5) is 9.59 Å². The monoisotopic (exact) mass is 814 g/mol. The van der Waals surface area contributed by atoms with Crippen molar-refractivity contribution in [3.63, 3.8) is 0 Å². The maximum Gasteiger partial charge on any atom is 0.407 e. The first kappa shape index (κ1) is 39.5. The number of hydrogen-bond acceptors (Lipinski definition) is 8. The lowest BCUT2D eigenvalue weighted by atomic mass is 9.95. The summed E-state index contributed by atoms with van der Waals surface area (Å²) in [7, 11) is 2.62. The van der Waals surface area contributed by atoms with E-state index in [9.17, 15) is 19.2 Å². The molecule has 0 radical (unpaired) electrons. The van der Waals surface area contributed by atoms with Gasteiger partial charge in [-0.1, -0.05) is 70.2 Å². The first-order valence-corrected chi connectivity index (χ1v) is 21.3. The van der Waals surface area contributed by atoms with Gasteiger partial charge >= 0.3 is 12.2 Å². The maximum absolute atomic E-state index is 14.0. The van der Waals surface area contributed by atoms with E-state index in [1.165, 1.54) is 14.2 Å². The predicted molar refractivity (Wildman–Crippen MR) is 226 cm³/mol. The third kappa shape index (κ3) is 7.02. The van der Waals surface area contributed by atoms with E-state index in [1.807, 2.05) is 49.8 Å². The molecule has 1 unspecified atom stereocenters. The Hall–Kier alpha value is -5.92. The molecule has 2 aliphatic carbocycles. The second kappa shape index (κ2) is 15.3. The first-order chi connectivity index (χ1) is 28.9. The molecule has 6 atom stereocenters. The molecule has 2 aliphatic heterocycles. The number of alkyl carbamates (subject to hydrolysis) is 2. The van der Waals surface area contributed by atoms with E-state index in [0.717, 1.165) is 94.4 Å². The van der Waals surface area contributed by atoms with Crippen LogP contribution in [0.1, 0.15) is 90.0 Å². The highest BCUT2D eigenvalue weighted by Crippen LogP contribution is 2.58.